The third-order valence-corrected chi connectivity index (χ3v) is 5.59. The fourth-order valence-corrected chi connectivity index (χ4v) is 3.95. The Morgan fingerprint density at radius 1 is 0.812 bits per heavy atom. The average Bonchev–Trinajstić information content (AvgIpc) is 3.38. The van der Waals surface area contributed by atoms with Gasteiger partial charge in [-0.2, -0.15) is 27.1 Å². The maximum absolute atomic E-state index is 14.4. The summed E-state index contributed by atoms with van der Waals surface area (Å²) in [5, 5.41) is 4.08. The molecule has 0 aliphatic carbocycles. The fourth-order valence-electron chi connectivity index (χ4n) is 3.95. The zero-order valence-electron chi connectivity index (χ0n) is 16.4. The van der Waals surface area contributed by atoms with Crippen LogP contribution in [0.2, 0.25) is 0 Å². The molecule has 2 aliphatic heterocycles. The Bertz CT molecular complexity index is 1040. The zero-order valence-corrected chi connectivity index (χ0v) is 16.4. The molecule has 1 unspecified atom stereocenters. The van der Waals surface area contributed by atoms with Gasteiger partial charge in [0.05, 0.1) is 17.4 Å². The molecule has 2 aromatic carbocycles. The minimum absolute atomic E-state index is 0.175. The van der Waals surface area contributed by atoms with Gasteiger partial charge in [-0.3, -0.25) is 5.01 Å². The molecule has 32 heavy (non-hydrogen) atoms. The summed E-state index contributed by atoms with van der Waals surface area (Å²) in [4.78, 5) is 1.74. The monoisotopic (exact) mass is 463 g/mol. The van der Waals surface area contributed by atoms with E-state index in [1.165, 1.54) is 12.1 Å². The van der Waals surface area contributed by atoms with Crippen LogP contribution in [-0.2, 0) is 0 Å². The molecular formula is C21H17F8N3. The number of benzene rings is 2. The van der Waals surface area contributed by atoms with E-state index in [4.69, 9.17) is 0 Å². The van der Waals surface area contributed by atoms with Crippen molar-refractivity contribution in [1.82, 2.24) is 0 Å². The van der Waals surface area contributed by atoms with Gasteiger partial charge in [0, 0.05) is 25.6 Å². The molecule has 2 heterocycles. The van der Waals surface area contributed by atoms with E-state index in [9.17, 15) is 35.1 Å². The summed E-state index contributed by atoms with van der Waals surface area (Å²) in [5.41, 5.74) is -1.63. The van der Waals surface area contributed by atoms with E-state index in [-0.39, 0.29) is 11.3 Å². The van der Waals surface area contributed by atoms with Crippen LogP contribution in [-0.4, -0.2) is 30.9 Å². The number of anilines is 2. The van der Waals surface area contributed by atoms with E-state index in [0.717, 1.165) is 31.0 Å². The second-order valence-corrected chi connectivity index (χ2v) is 7.68. The predicted octanol–water partition coefficient (Wildman–Crippen LogP) is 6.21. The van der Waals surface area contributed by atoms with Crippen molar-refractivity contribution in [3.8, 4) is 0 Å². The second kappa shape index (κ2) is 7.93. The van der Waals surface area contributed by atoms with Crippen LogP contribution in [0.1, 0.15) is 30.9 Å². The summed E-state index contributed by atoms with van der Waals surface area (Å²) >= 11 is 0. The Hall–Kier alpha value is -2.85. The minimum atomic E-state index is -5.91. The van der Waals surface area contributed by atoms with Gasteiger partial charge in [-0.1, -0.05) is 6.07 Å². The molecule has 0 aromatic heterocycles. The molecular weight excluding hydrogens is 446 g/mol. The molecule has 1 atom stereocenters. The van der Waals surface area contributed by atoms with Crippen LogP contribution in [0, 0.1) is 17.5 Å². The number of hydrogen-bond donors (Lipinski definition) is 0. The first-order valence-corrected chi connectivity index (χ1v) is 9.80. The van der Waals surface area contributed by atoms with E-state index in [0.29, 0.717) is 24.2 Å². The van der Waals surface area contributed by atoms with Crippen molar-refractivity contribution in [3.63, 3.8) is 0 Å². The highest BCUT2D eigenvalue weighted by Gasteiger charge is 2.63. The van der Waals surface area contributed by atoms with Crippen LogP contribution in [0.4, 0.5) is 46.5 Å². The Morgan fingerprint density at radius 2 is 1.50 bits per heavy atom. The van der Waals surface area contributed by atoms with Gasteiger partial charge >= 0.3 is 12.1 Å². The molecule has 0 saturated carbocycles. The molecule has 0 N–H and O–H groups in total. The lowest BCUT2D eigenvalue weighted by Crippen LogP contribution is -2.43. The first-order valence-electron chi connectivity index (χ1n) is 9.80. The van der Waals surface area contributed by atoms with Gasteiger partial charge in [0.25, 0.3) is 0 Å². The van der Waals surface area contributed by atoms with Crippen LogP contribution in [0.3, 0.4) is 0 Å². The summed E-state index contributed by atoms with van der Waals surface area (Å²) < 4.78 is 109. The molecule has 0 spiro atoms. The summed E-state index contributed by atoms with van der Waals surface area (Å²) in [5.74, 6) is -7.97. The van der Waals surface area contributed by atoms with Crippen LogP contribution in [0.5, 0.6) is 0 Å². The maximum Gasteiger partial charge on any atom is 0.459 e. The highest BCUT2D eigenvalue weighted by atomic mass is 19.4. The summed E-state index contributed by atoms with van der Waals surface area (Å²) in [6.07, 6.45) is -5.14. The molecule has 172 valence electrons. The zero-order chi connectivity index (χ0) is 23.3. The Labute approximate surface area is 177 Å². The van der Waals surface area contributed by atoms with Crippen molar-refractivity contribution in [2.75, 3.05) is 23.0 Å². The smallest absolute Gasteiger partial charge is 0.369 e. The van der Waals surface area contributed by atoms with Gasteiger partial charge in [0.1, 0.15) is 17.3 Å². The number of hydrazone groups is 1. The highest BCUT2D eigenvalue weighted by molar-refractivity contribution is 5.95. The summed E-state index contributed by atoms with van der Waals surface area (Å²) in [6, 6.07) is 4.61. The standard InChI is InChI=1S/C21H17F8N3/c22-13-4-6-16(15(24)10-13)32-17(11-19(30-32)20(25,26)21(27,28)29)12-3-5-14(23)18(9-12)31-7-1-2-8-31/h3-6,9-10,17H,1-2,7-8,11H2. The first-order chi connectivity index (χ1) is 15.0. The van der Waals surface area contributed by atoms with Gasteiger partial charge < -0.3 is 4.90 Å². The lowest BCUT2D eigenvalue weighted by molar-refractivity contribution is -0.249. The SMILES string of the molecule is Fc1ccc(N2N=C(C(F)(F)C(F)(F)F)CC2c2ccc(F)c(N3CCCC3)c2)c(F)c1. The topological polar surface area (TPSA) is 18.8 Å². The lowest BCUT2D eigenvalue weighted by Gasteiger charge is -2.26. The largest absolute Gasteiger partial charge is 0.459 e. The third kappa shape index (κ3) is 3.88. The normalized spacial score (nSPS) is 19.6. The van der Waals surface area contributed by atoms with E-state index >= 15 is 0 Å². The predicted molar refractivity (Wildman–Crippen MR) is 102 cm³/mol. The minimum Gasteiger partial charge on any atom is -0.369 e. The van der Waals surface area contributed by atoms with Crippen molar-refractivity contribution in [1.29, 1.82) is 0 Å². The third-order valence-electron chi connectivity index (χ3n) is 5.59. The molecule has 1 fully saturated rings. The maximum atomic E-state index is 14.4. The number of halogens is 8. The van der Waals surface area contributed by atoms with Crippen molar-refractivity contribution < 1.29 is 35.1 Å². The van der Waals surface area contributed by atoms with Crippen molar-refractivity contribution in [2.45, 2.75) is 37.4 Å². The molecule has 2 aromatic rings. The van der Waals surface area contributed by atoms with Crippen LogP contribution < -0.4 is 9.91 Å². The number of hydrogen-bond acceptors (Lipinski definition) is 3. The molecule has 0 bridgehead atoms. The van der Waals surface area contributed by atoms with Crippen molar-refractivity contribution >= 4 is 17.1 Å². The van der Waals surface area contributed by atoms with E-state index < -0.39 is 53.4 Å². The first kappa shape index (κ1) is 22.3. The molecule has 4 rings (SSSR count). The van der Waals surface area contributed by atoms with Crippen LogP contribution >= 0.6 is 0 Å². The summed E-state index contributed by atoms with van der Waals surface area (Å²) in [7, 11) is 0. The Kier molecular flexibility index (Phi) is 5.54. The molecule has 2 aliphatic rings. The Morgan fingerprint density at radius 3 is 2.12 bits per heavy atom. The second-order valence-electron chi connectivity index (χ2n) is 7.68. The summed E-state index contributed by atoms with van der Waals surface area (Å²) in [6.45, 7) is 1.13. The van der Waals surface area contributed by atoms with Gasteiger partial charge in [-0.15, -0.1) is 0 Å². The van der Waals surface area contributed by atoms with E-state index in [2.05, 4.69) is 5.10 Å². The number of rotatable bonds is 4. The van der Waals surface area contributed by atoms with Gasteiger partial charge in [-0.25, -0.2) is 13.2 Å². The van der Waals surface area contributed by atoms with Gasteiger partial charge in [-0.05, 0) is 42.7 Å². The highest BCUT2D eigenvalue weighted by Crippen LogP contribution is 2.45. The molecule has 0 radical (unpaired) electrons. The molecule has 3 nitrogen and oxygen atoms in total. The molecule has 1 saturated heterocycles. The van der Waals surface area contributed by atoms with Crippen LogP contribution in [0.15, 0.2) is 41.5 Å². The Balaban J connectivity index is 1.79. The van der Waals surface area contributed by atoms with E-state index in [1.54, 1.807) is 4.90 Å². The van der Waals surface area contributed by atoms with Crippen molar-refractivity contribution in [3.05, 3.63) is 59.4 Å². The molecule has 0 amide bonds. The fraction of sp³-hybridized carbons (Fsp3) is 0.381. The average molecular weight is 463 g/mol. The molecule has 11 heteroatoms. The van der Waals surface area contributed by atoms with Crippen molar-refractivity contribution in [2.24, 2.45) is 5.10 Å². The van der Waals surface area contributed by atoms with Crippen LogP contribution in [0.25, 0.3) is 0 Å². The van der Waals surface area contributed by atoms with E-state index in [1.807, 2.05) is 0 Å². The van der Waals surface area contributed by atoms with Gasteiger partial charge in [0.15, 0.2) is 5.82 Å². The van der Waals surface area contributed by atoms with Gasteiger partial charge in [0.2, 0.25) is 0 Å². The number of alkyl halides is 5. The lowest BCUT2D eigenvalue weighted by atomic mass is 9.98. The quantitative estimate of drug-likeness (QED) is 0.502. The number of nitrogens with zero attached hydrogens (tertiary/aromatic N) is 3.